The average Bonchev–Trinajstić information content (AvgIpc) is 2.83. The van der Waals surface area contributed by atoms with Crippen LogP contribution in [0.3, 0.4) is 0 Å². The van der Waals surface area contributed by atoms with Crippen LogP contribution < -0.4 is 10.5 Å². The molecule has 19 heavy (non-hydrogen) atoms. The number of hydrogen-bond acceptors (Lipinski definition) is 3. The molecule has 3 N–H and O–H groups in total. The Hall–Kier alpha value is -2.49. The third-order valence-corrected chi connectivity index (χ3v) is 2.98. The number of pyridine rings is 1. The zero-order valence-corrected chi connectivity index (χ0v) is 10.7. The van der Waals surface area contributed by atoms with Crippen molar-refractivity contribution in [3.05, 3.63) is 42.5 Å². The molecule has 2 heterocycles. The van der Waals surface area contributed by atoms with E-state index in [9.17, 15) is 0 Å². The molecule has 0 saturated heterocycles. The number of rotatable bonds is 3. The van der Waals surface area contributed by atoms with Crippen LogP contribution in [0.1, 0.15) is 6.92 Å². The van der Waals surface area contributed by atoms with Crippen molar-refractivity contribution in [2.45, 2.75) is 6.92 Å². The third-order valence-electron chi connectivity index (χ3n) is 2.98. The lowest BCUT2D eigenvalue weighted by Crippen LogP contribution is -1.90. The summed E-state index contributed by atoms with van der Waals surface area (Å²) in [4.78, 5) is 7.54. The second-order valence-corrected chi connectivity index (χ2v) is 4.31. The molecule has 1 aromatic carbocycles. The van der Waals surface area contributed by atoms with Gasteiger partial charge in [-0.2, -0.15) is 0 Å². The van der Waals surface area contributed by atoms with Gasteiger partial charge >= 0.3 is 0 Å². The number of aromatic amines is 1. The number of anilines is 1. The highest BCUT2D eigenvalue weighted by molar-refractivity contribution is 5.84. The predicted molar refractivity (Wildman–Crippen MR) is 77.1 cm³/mol. The van der Waals surface area contributed by atoms with Gasteiger partial charge in [0.15, 0.2) is 0 Å². The molecule has 0 fully saturated rings. The van der Waals surface area contributed by atoms with E-state index >= 15 is 0 Å². The van der Waals surface area contributed by atoms with Crippen molar-refractivity contribution in [3.63, 3.8) is 0 Å². The Kier molecular flexibility index (Phi) is 2.83. The molecule has 0 atom stereocenters. The normalized spacial score (nSPS) is 10.8. The Morgan fingerprint density at radius 3 is 2.68 bits per heavy atom. The van der Waals surface area contributed by atoms with Gasteiger partial charge < -0.3 is 15.5 Å². The number of hydrogen-bond donors (Lipinski definition) is 2. The van der Waals surface area contributed by atoms with Crippen LogP contribution in [0.15, 0.2) is 42.5 Å². The van der Waals surface area contributed by atoms with Crippen molar-refractivity contribution < 1.29 is 4.74 Å². The first kappa shape index (κ1) is 11.6. The van der Waals surface area contributed by atoms with E-state index in [2.05, 4.69) is 16.0 Å². The summed E-state index contributed by atoms with van der Waals surface area (Å²) in [6, 6.07) is 13.8. The second-order valence-electron chi connectivity index (χ2n) is 4.31. The zero-order chi connectivity index (χ0) is 13.2. The number of nitrogens with two attached hydrogens (primary N) is 1. The zero-order valence-electron chi connectivity index (χ0n) is 10.7. The van der Waals surface area contributed by atoms with E-state index in [1.807, 2.05) is 37.3 Å². The fourth-order valence-corrected chi connectivity index (χ4v) is 2.07. The van der Waals surface area contributed by atoms with Crippen molar-refractivity contribution >= 4 is 16.9 Å². The van der Waals surface area contributed by atoms with Gasteiger partial charge in [-0.15, -0.1) is 0 Å². The van der Waals surface area contributed by atoms with Crippen LogP contribution >= 0.6 is 0 Å². The van der Waals surface area contributed by atoms with Gasteiger partial charge in [-0.1, -0.05) is 0 Å². The first-order valence-corrected chi connectivity index (χ1v) is 6.25. The van der Waals surface area contributed by atoms with Gasteiger partial charge in [0.1, 0.15) is 17.2 Å². The highest BCUT2D eigenvalue weighted by Gasteiger charge is 2.04. The minimum Gasteiger partial charge on any atom is -0.494 e. The van der Waals surface area contributed by atoms with Gasteiger partial charge in [0.05, 0.1) is 6.61 Å². The minimum atomic E-state index is 0.521. The SMILES string of the molecule is CCOc1ccc(-c2cc3ccc(N)nc3[nH]2)cc1. The Labute approximate surface area is 111 Å². The van der Waals surface area contributed by atoms with Crippen molar-refractivity contribution in [1.82, 2.24) is 9.97 Å². The van der Waals surface area contributed by atoms with Crippen LogP contribution in [0, 0.1) is 0 Å². The van der Waals surface area contributed by atoms with E-state index in [0.29, 0.717) is 12.4 Å². The fourth-order valence-electron chi connectivity index (χ4n) is 2.07. The molecule has 2 aromatic heterocycles. The Bertz CT molecular complexity index is 701. The Morgan fingerprint density at radius 1 is 1.16 bits per heavy atom. The number of nitrogens with zero attached hydrogens (tertiary/aromatic N) is 1. The number of aromatic nitrogens is 2. The van der Waals surface area contributed by atoms with Crippen LogP contribution in [0.4, 0.5) is 5.82 Å². The monoisotopic (exact) mass is 253 g/mol. The molecule has 0 saturated carbocycles. The number of H-pyrrole nitrogens is 1. The van der Waals surface area contributed by atoms with Gasteiger partial charge in [-0.05, 0) is 55.0 Å². The number of benzene rings is 1. The van der Waals surface area contributed by atoms with Crippen LogP contribution in [0.5, 0.6) is 5.75 Å². The maximum absolute atomic E-state index is 5.68. The summed E-state index contributed by atoms with van der Waals surface area (Å²) in [6.07, 6.45) is 0. The van der Waals surface area contributed by atoms with Crippen molar-refractivity contribution in [3.8, 4) is 17.0 Å². The maximum atomic E-state index is 5.68. The molecule has 0 radical (unpaired) electrons. The largest absolute Gasteiger partial charge is 0.494 e. The van der Waals surface area contributed by atoms with E-state index in [-0.39, 0.29) is 0 Å². The summed E-state index contributed by atoms with van der Waals surface area (Å²) in [7, 11) is 0. The van der Waals surface area contributed by atoms with Crippen LogP contribution in [0.2, 0.25) is 0 Å². The van der Waals surface area contributed by atoms with Crippen LogP contribution in [0.25, 0.3) is 22.3 Å². The molecular weight excluding hydrogens is 238 g/mol. The fraction of sp³-hybridized carbons (Fsp3) is 0.133. The number of nitrogens with one attached hydrogen (secondary N) is 1. The highest BCUT2D eigenvalue weighted by atomic mass is 16.5. The molecule has 96 valence electrons. The predicted octanol–water partition coefficient (Wildman–Crippen LogP) is 3.21. The second kappa shape index (κ2) is 4.65. The van der Waals surface area contributed by atoms with Crippen LogP contribution in [-0.2, 0) is 0 Å². The van der Waals surface area contributed by atoms with Crippen molar-refractivity contribution in [2.24, 2.45) is 0 Å². The lowest BCUT2D eigenvalue weighted by Gasteiger charge is -2.03. The van der Waals surface area contributed by atoms with Gasteiger partial charge in [0, 0.05) is 11.1 Å². The smallest absolute Gasteiger partial charge is 0.140 e. The summed E-state index contributed by atoms with van der Waals surface area (Å²) in [5.41, 5.74) is 8.61. The van der Waals surface area contributed by atoms with Gasteiger partial charge in [0.2, 0.25) is 0 Å². The molecule has 3 rings (SSSR count). The lowest BCUT2D eigenvalue weighted by molar-refractivity contribution is 0.340. The van der Waals surface area contributed by atoms with Crippen molar-refractivity contribution in [1.29, 1.82) is 0 Å². The van der Waals surface area contributed by atoms with E-state index in [0.717, 1.165) is 28.0 Å². The first-order valence-electron chi connectivity index (χ1n) is 6.25. The summed E-state index contributed by atoms with van der Waals surface area (Å²) in [5, 5.41) is 1.05. The molecule has 0 amide bonds. The molecule has 0 unspecified atom stereocenters. The molecule has 0 spiro atoms. The van der Waals surface area contributed by atoms with E-state index in [1.54, 1.807) is 6.07 Å². The molecule has 0 aliphatic heterocycles. The third kappa shape index (κ3) is 2.25. The number of ether oxygens (including phenoxy) is 1. The summed E-state index contributed by atoms with van der Waals surface area (Å²) < 4.78 is 5.43. The molecule has 4 heteroatoms. The first-order chi connectivity index (χ1) is 9.26. The summed E-state index contributed by atoms with van der Waals surface area (Å²) >= 11 is 0. The number of nitrogen functional groups attached to an aromatic ring is 1. The maximum Gasteiger partial charge on any atom is 0.140 e. The van der Waals surface area contributed by atoms with E-state index in [1.165, 1.54) is 0 Å². The standard InChI is InChI=1S/C15H15N3O/c1-2-19-12-6-3-10(4-7-12)13-9-11-5-8-14(16)18-15(11)17-13/h3-9H,2H2,1H3,(H3,16,17,18). The van der Waals surface area contributed by atoms with E-state index in [4.69, 9.17) is 10.5 Å². The molecule has 3 aromatic rings. The molecule has 0 aliphatic rings. The van der Waals surface area contributed by atoms with Gasteiger partial charge in [0.25, 0.3) is 0 Å². The molecular formula is C15H15N3O. The average molecular weight is 253 g/mol. The lowest BCUT2D eigenvalue weighted by atomic mass is 10.1. The quantitative estimate of drug-likeness (QED) is 0.753. The summed E-state index contributed by atoms with van der Waals surface area (Å²) in [6.45, 7) is 2.65. The molecule has 4 nitrogen and oxygen atoms in total. The van der Waals surface area contributed by atoms with Gasteiger partial charge in [-0.3, -0.25) is 0 Å². The summed E-state index contributed by atoms with van der Waals surface area (Å²) in [5.74, 6) is 1.40. The Balaban J connectivity index is 1.99. The topological polar surface area (TPSA) is 63.9 Å². The highest BCUT2D eigenvalue weighted by Crippen LogP contribution is 2.25. The van der Waals surface area contributed by atoms with Crippen LogP contribution in [-0.4, -0.2) is 16.6 Å². The number of fused-ring (bicyclic) bond motifs is 1. The molecule has 0 bridgehead atoms. The van der Waals surface area contributed by atoms with Gasteiger partial charge in [-0.25, -0.2) is 4.98 Å². The molecule has 0 aliphatic carbocycles. The van der Waals surface area contributed by atoms with E-state index < -0.39 is 0 Å². The Morgan fingerprint density at radius 2 is 1.95 bits per heavy atom. The van der Waals surface area contributed by atoms with Crippen molar-refractivity contribution in [2.75, 3.05) is 12.3 Å². The minimum absolute atomic E-state index is 0.521.